The highest BCUT2D eigenvalue weighted by atomic mass is 32.2. The van der Waals surface area contributed by atoms with Crippen molar-refractivity contribution in [1.82, 2.24) is 10.2 Å². The maximum Gasteiger partial charge on any atom is 0.194 e. The number of rotatable bonds is 2. The molecule has 5 nitrogen and oxygen atoms in total. The lowest BCUT2D eigenvalue weighted by Gasteiger charge is -2.39. The molecule has 0 spiro atoms. The number of sulfone groups is 1. The van der Waals surface area contributed by atoms with E-state index in [0.29, 0.717) is 31.6 Å². The van der Waals surface area contributed by atoms with E-state index >= 15 is 0 Å². The Bertz CT molecular complexity index is 470. The second-order valence-corrected chi connectivity index (χ2v) is 9.00. The third kappa shape index (κ3) is 3.04. The average molecular weight is 287 g/mol. The Morgan fingerprint density at radius 3 is 2.58 bits per heavy atom. The van der Waals surface area contributed by atoms with Gasteiger partial charge in [0.2, 0.25) is 0 Å². The van der Waals surface area contributed by atoms with Crippen molar-refractivity contribution in [2.75, 3.05) is 25.4 Å². The minimum absolute atomic E-state index is 0.213. The fraction of sp³-hybridized carbons (Fsp3) is 0.923. The summed E-state index contributed by atoms with van der Waals surface area (Å²) in [6, 6.07) is 0.506. The maximum atomic E-state index is 12.0. The molecule has 0 aromatic carbocycles. The molecule has 0 radical (unpaired) electrons. The third-order valence-corrected chi connectivity index (χ3v) is 6.61. The molecule has 0 bridgehead atoms. The van der Waals surface area contributed by atoms with E-state index in [2.05, 4.69) is 22.1 Å². The molecule has 6 heteroatoms. The van der Waals surface area contributed by atoms with Gasteiger partial charge < -0.3 is 10.2 Å². The first kappa shape index (κ1) is 14.6. The fourth-order valence-corrected chi connectivity index (χ4v) is 3.77. The van der Waals surface area contributed by atoms with Crippen molar-refractivity contribution in [2.45, 2.75) is 44.9 Å². The van der Waals surface area contributed by atoms with Gasteiger partial charge in [-0.05, 0) is 33.1 Å². The number of aliphatic imine (C=N–C) groups is 1. The van der Waals surface area contributed by atoms with Gasteiger partial charge in [-0.3, -0.25) is 4.99 Å². The second-order valence-electron chi connectivity index (χ2n) is 6.26. The third-order valence-electron chi connectivity index (χ3n) is 4.07. The molecule has 110 valence electrons. The summed E-state index contributed by atoms with van der Waals surface area (Å²) in [5.74, 6) is 1.79. The molecule has 2 fully saturated rings. The highest BCUT2D eigenvalue weighted by Gasteiger charge is 2.42. The zero-order valence-electron chi connectivity index (χ0n) is 12.3. The van der Waals surface area contributed by atoms with Gasteiger partial charge in [-0.2, -0.15) is 0 Å². The summed E-state index contributed by atoms with van der Waals surface area (Å²) in [6.45, 7) is 9.60. The average Bonchev–Trinajstić information content (AvgIpc) is 2.98. The van der Waals surface area contributed by atoms with Crippen LogP contribution in [0.1, 0.15) is 34.1 Å². The van der Waals surface area contributed by atoms with Gasteiger partial charge in [-0.25, -0.2) is 8.42 Å². The number of hydrogen-bond donors (Lipinski definition) is 1. The first-order chi connectivity index (χ1) is 8.77. The molecule has 0 aromatic heterocycles. The van der Waals surface area contributed by atoms with E-state index in [1.54, 1.807) is 13.8 Å². The SMILES string of the molecule is CCN=C(NC1CC1C)N1CCS(=O)(=O)C(C)(C)C1. The van der Waals surface area contributed by atoms with Gasteiger partial charge in [0.25, 0.3) is 0 Å². The minimum atomic E-state index is -2.99. The number of hydrogen-bond acceptors (Lipinski definition) is 3. The smallest absolute Gasteiger partial charge is 0.194 e. The van der Waals surface area contributed by atoms with E-state index in [9.17, 15) is 8.42 Å². The Labute approximate surface area is 116 Å². The minimum Gasteiger partial charge on any atom is -0.353 e. The van der Waals surface area contributed by atoms with Crippen molar-refractivity contribution < 1.29 is 8.42 Å². The van der Waals surface area contributed by atoms with Crippen LogP contribution in [0.4, 0.5) is 0 Å². The van der Waals surface area contributed by atoms with E-state index in [1.165, 1.54) is 6.42 Å². The number of nitrogens with one attached hydrogen (secondary N) is 1. The van der Waals surface area contributed by atoms with Crippen LogP contribution in [0.5, 0.6) is 0 Å². The molecule has 2 atom stereocenters. The van der Waals surface area contributed by atoms with Crippen LogP contribution in [0.15, 0.2) is 4.99 Å². The monoisotopic (exact) mass is 287 g/mol. The van der Waals surface area contributed by atoms with E-state index < -0.39 is 14.6 Å². The molecule has 19 heavy (non-hydrogen) atoms. The van der Waals surface area contributed by atoms with Crippen LogP contribution in [0.2, 0.25) is 0 Å². The van der Waals surface area contributed by atoms with Crippen LogP contribution in [0.25, 0.3) is 0 Å². The van der Waals surface area contributed by atoms with E-state index in [0.717, 1.165) is 5.96 Å². The summed E-state index contributed by atoms with van der Waals surface area (Å²) >= 11 is 0. The summed E-state index contributed by atoms with van der Waals surface area (Å²) in [6.07, 6.45) is 1.18. The van der Waals surface area contributed by atoms with Crippen LogP contribution < -0.4 is 5.32 Å². The van der Waals surface area contributed by atoms with Crippen molar-refractivity contribution in [2.24, 2.45) is 10.9 Å². The van der Waals surface area contributed by atoms with Gasteiger partial charge >= 0.3 is 0 Å². The van der Waals surface area contributed by atoms with E-state index in [1.807, 2.05) is 6.92 Å². The summed E-state index contributed by atoms with van der Waals surface area (Å²) < 4.78 is 23.4. The molecule has 1 saturated heterocycles. The molecule has 1 heterocycles. The zero-order chi connectivity index (χ0) is 14.3. The van der Waals surface area contributed by atoms with Gasteiger partial charge in [0.05, 0.1) is 10.5 Å². The molecule has 1 N–H and O–H groups in total. The van der Waals surface area contributed by atoms with E-state index in [-0.39, 0.29) is 5.75 Å². The molecule has 1 aliphatic carbocycles. The van der Waals surface area contributed by atoms with Gasteiger partial charge in [-0.15, -0.1) is 0 Å². The second kappa shape index (κ2) is 4.96. The summed E-state index contributed by atoms with van der Waals surface area (Å²) in [4.78, 5) is 6.61. The molecule has 2 rings (SSSR count). The lowest BCUT2D eigenvalue weighted by Crippen LogP contribution is -2.57. The Hall–Kier alpha value is -0.780. The number of guanidine groups is 1. The van der Waals surface area contributed by atoms with Crippen LogP contribution in [0, 0.1) is 5.92 Å². The molecule has 0 amide bonds. The van der Waals surface area contributed by atoms with Gasteiger partial charge in [0.1, 0.15) is 0 Å². The molecule has 1 saturated carbocycles. The van der Waals surface area contributed by atoms with Crippen molar-refractivity contribution >= 4 is 15.8 Å². The highest BCUT2D eigenvalue weighted by Crippen LogP contribution is 2.30. The quantitative estimate of drug-likeness (QED) is 0.605. The van der Waals surface area contributed by atoms with E-state index in [4.69, 9.17) is 0 Å². The lowest BCUT2D eigenvalue weighted by atomic mass is 10.2. The van der Waals surface area contributed by atoms with Crippen LogP contribution >= 0.6 is 0 Å². The van der Waals surface area contributed by atoms with Gasteiger partial charge in [-0.1, -0.05) is 6.92 Å². The molecular weight excluding hydrogens is 262 g/mol. The normalized spacial score (nSPS) is 33.1. The fourth-order valence-electron chi connectivity index (χ4n) is 2.40. The first-order valence-corrected chi connectivity index (χ1v) is 8.70. The molecule has 1 aliphatic heterocycles. The van der Waals surface area contributed by atoms with Crippen molar-refractivity contribution in [1.29, 1.82) is 0 Å². The predicted molar refractivity (Wildman–Crippen MR) is 78.1 cm³/mol. The Kier molecular flexibility index (Phi) is 3.82. The molecule has 0 aromatic rings. The first-order valence-electron chi connectivity index (χ1n) is 7.05. The van der Waals surface area contributed by atoms with Crippen LogP contribution in [0.3, 0.4) is 0 Å². The number of nitrogens with zero attached hydrogens (tertiary/aromatic N) is 2. The van der Waals surface area contributed by atoms with Crippen LogP contribution in [-0.4, -0.2) is 55.5 Å². The van der Waals surface area contributed by atoms with Gasteiger partial charge in [0, 0.05) is 25.7 Å². The molecular formula is C13H25N3O2S. The summed E-state index contributed by atoms with van der Waals surface area (Å²) in [5.41, 5.74) is 0. The maximum absolute atomic E-state index is 12.0. The molecule has 2 unspecified atom stereocenters. The molecule has 2 aliphatic rings. The van der Waals surface area contributed by atoms with Crippen molar-refractivity contribution in [3.05, 3.63) is 0 Å². The Balaban J connectivity index is 2.09. The predicted octanol–water partition coefficient (Wildman–Crippen LogP) is 0.869. The Morgan fingerprint density at radius 2 is 2.11 bits per heavy atom. The topological polar surface area (TPSA) is 61.8 Å². The van der Waals surface area contributed by atoms with Crippen molar-refractivity contribution in [3.63, 3.8) is 0 Å². The largest absolute Gasteiger partial charge is 0.353 e. The zero-order valence-corrected chi connectivity index (χ0v) is 13.1. The summed E-state index contributed by atoms with van der Waals surface area (Å²) in [5, 5.41) is 3.46. The van der Waals surface area contributed by atoms with Crippen LogP contribution in [-0.2, 0) is 9.84 Å². The summed E-state index contributed by atoms with van der Waals surface area (Å²) in [7, 11) is -2.99. The lowest BCUT2D eigenvalue weighted by molar-refractivity contribution is 0.352. The standard InChI is InChI=1S/C13H25N3O2S/c1-5-14-12(15-11-8-10(11)2)16-6-7-19(17,18)13(3,4)9-16/h10-11H,5-9H2,1-4H3,(H,14,15). The Morgan fingerprint density at radius 1 is 1.47 bits per heavy atom. The van der Waals surface area contributed by atoms with Gasteiger partial charge in [0.15, 0.2) is 15.8 Å². The van der Waals surface area contributed by atoms with Crippen molar-refractivity contribution in [3.8, 4) is 0 Å². The highest BCUT2D eigenvalue weighted by molar-refractivity contribution is 7.92.